The molecule has 0 N–H and O–H groups in total. The molecule has 1 amide bonds. The summed E-state index contributed by atoms with van der Waals surface area (Å²) >= 11 is 14.4. The Morgan fingerprint density at radius 1 is 1.30 bits per heavy atom. The lowest BCUT2D eigenvalue weighted by atomic mass is 10.3. The van der Waals surface area contributed by atoms with Crippen LogP contribution in [0.1, 0.15) is 13.3 Å². The van der Waals surface area contributed by atoms with E-state index in [-0.39, 0.29) is 5.91 Å². The first kappa shape index (κ1) is 16.9. The average molecular weight is 383 g/mol. The predicted octanol–water partition coefficient (Wildman–Crippen LogP) is 4.88. The molecule has 23 heavy (non-hydrogen) atoms. The number of hydrogen-bond donors (Lipinski definition) is 0. The second-order valence-electron chi connectivity index (χ2n) is 5.13. The molecule has 1 saturated heterocycles. The Labute approximate surface area is 154 Å². The Balaban J connectivity index is 1.82. The van der Waals surface area contributed by atoms with Crippen molar-refractivity contribution in [2.24, 2.45) is 0 Å². The Bertz CT molecular complexity index is 745. The molecule has 0 unspecified atom stereocenters. The summed E-state index contributed by atoms with van der Waals surface area (Å²) in [6.45, 7) is 2.72. The molecule has 3 rings (SSSR count). The number of halogens is 1. The lowest BCUT2D eigenvalue weighted by Gasteiger charge is -2.13. The van der Waals surface area contributed by atoms with E-state index in [1.54, 1.807) is 16.7 Å². The SMILES string of the molecule is CCCN1C(=O)/C(=C/C=C2/Sc3ccc(Cl)cc3N2C)SC1=S. The minimum absolute atomic E-state index is 0.00455. The molecule has 1 fully saturated rings. The van der Waals surface area contributed by atoms with Gasteiger partial charge in [0.05, 0.1) is 15.6 Å². The molecule has 0 radical (unpaired) electrons. The maximum Gasteiger partial charge on any atom is 0.266 e. The van der Waals surface area contributed by atoms with Gasteiger partial charge in [-0.3, -0.25) is 9.69 Å². The lowest BCUT2D eigenvalue weighted by Crippen LogP contribution is -2.28. The highest BCUT2D eigenvalue weighted by Crippen LogP contribution is 2.46. The van der Waals surface area contributed by atoms with Crippen molar-refractivity contribution in [1.29, 1.82) is 0 Å². The van der Waals surface area contributed by atoms with E-state index < -0.39 is 0 Å². The summed E-state index contributed by atoms with van der Waals surface area (Å²) < 4.78 is 0.643. The third-order valence-corrected chi connectivity index (χ3v) is 6.34. The highest BCUT2D eigenvalue weighted by atomic mass is 35.5. The van der Waals surface area contributed by atoms with Crippen LogP contribution in [0.15, 0.2) is 45.2 Å². The zero-order valence-electron chi connectivity index (χ0n) is 12.7. The van der Waals surface area contributed by atoms with Gasteiger partial charge in [0.1, 0.15) is 4.32 Å². The highest BCUT2D eigenvalue weighted by Gasteiger charge is 2.31. The summed E-state index contributed by atoms with van der Waals surface area (Å²) in [5, 5.41) is 1.78. The Kier molecular flexibility index (Phi) is 5.06. The number of nitrogens with zero attached hydrogens (tertiary/aromatic N) is 2. The van der Waals surface area contributed by atoms with Crippen molar-refractivity contribution in [3.8, 4) is 0 Å². The van der Waals surface area contributed by atoms with Crippen molar-refractivity contribution < 1.29 is 4.79 Å². The largest absolute Gasteiger partial charge is 0.338 e. The first-order valence-corrected chi connectivity index (χ1v) is 9.60. The van der Waals surface area contributed by atoms with Gasteiger partial charge in [-0.1, -0.05) is 54.3 Å². The van der Waals surface area contributed by atoms with E-state index in [4.69, 9.17) is 23.8 Å². The minimum atomic E-state index is 0.00455. The van der Waals surface area contributed by atoms with Crippen LogP contribution in [0.3, 0.4) is 0 Å². The molecule has 0 saturated carbocycles. The second-order valence-corrected chi connectivity index (χ2v) is 8.31. The van der Waals surface area contributed by atoms with E-state index in [1.807, 2.05) is 44.3 Å². The van der Waals surface area contributed by atoms with Crippen LogP contribution in [0.2, 0.25) is 5.02 Å². The zero-order valence-corrected chi connectivity index (χ0v) is 15.9. The molecule has 0 aliphatic carbocycles. The molecule has 1 aromatic rings. The molecular weight excluding hydrogens is 368 g/mol. The third kappa shape index (κ3) is 3.31. The molecule has 2 aliphatic heterocycles. The zero-order chi connectivity index (χ0) is 16.6. The van der Waals surface area contributed by atoms with Crippen molar-refractivity contribution in [2.75, 3.05) is 18.5 Å². The summed E-state index contributed by atoms with van der Waals surface area (Å²) in [6.07, 6.45) is 4.73. The van der Waals surface area contributed by atoms with Gasteiger partial charge in [-0.15, -0.1) is 0 Å². The van der Waals surface area contributed by atoms with E-state index in [0.717, 1.165) is 27.1 Å². The first-order chi connectivity index (χ1) is 11.0. The van der Waals surface area contributed by atoms with Crippen LogP contribution in [-0.4, -0.2) is 28.7 Å². The van der Waals surface area contributed by atoms with E-state index in [2.05, 4.69) is 4.90 Å². The van der Waals surface area contributed by atoms with Crippen molar-refractivity contribution in [2.45, 2.75) is 18.2 Å². The van der Waals surface area contributed by atoms with Crippen LogP contribution in [0, 0.1) is 0 Å². The number of thioether (sulfide) groups is 2. The number of thiocarbonyl (C=S) groups is 1. The van der Waals surface area contributed by atoms with E-state index in [9.17, 15) is 4.79 Å². The van der Waals surface area contributed by atoms with Gasteiger partial charge in [0, 0.05) is 23.5 Å². The summed E-state index contributed by atoms with van der Waals surface area (Å²) in [5.41, 5.74) is 1.08. The highest BCUT2D eigenvalue weighted by molar-refractivity contribution is 8.26. The molecule has 0 atom stereocenters. The van der Waals surface area contributed by atoms with Crippen molar-refractivity contribution in [1.82, 2.24) is 4.90 Å². The Morgan fingerprint density at radius 3 is 2.83 bits per heavy atom. The van der Waals surface area contributed by atoms with Crippen LogP contribution in [0.25, 0.3) is 0 Å². The van der Waals surface area contributed by atoms with E-state index in [0.29, 0.717) is 15.8 Å². The number of anilines is 1. The molecule has 120 valence electrons. The van der Waals surface area contributed by atoms with Crippen molar-refractivity contribution >= 4 is 63.3 Å². The van der Waals surface area contributed by atoms with E-state index >= 15 is 0 Å². The molecule has 0 spiro atoms. The first-order valence-electron chi connectivity index (χ1n) is 7.18. The monoisotopic (exact) mass is 382 g/mol. The molecule has 7 heteroatoms. The van der Waals surface area contributed by atoms with Gasteiger partial charge in [0.25, 0.3) is 5.91 Å². The van der Waals surface area contributed by atoms with Crippen LogP contribution in [-0.2, 0) is 4.79 Å². The van der Waals surface area contributed by atoms with Gasteiger partial charge < -0.3 is 4.90 Å². The Hall–Kier alpha value is -0.950. The average Bonchev–Trinajstić information content (AvgIpc) is 2.97. The third-order valence-electron chi connectivity index (χ3n) is 3.53. The number of fused-ring (bicyclic) bond motifs is 1. The van der Waals surface area contributed by atoms with Gasteiger partial charge in [-0.2, -0.15) is 0 Å². The molecule has 2 aliphatic rings. The van der Waals surface area contributed by atoms with Gasteiger partial charge in [-0.25, -0.2) is 0 Å². The number of rotatable bonds is 3. The number of allylic oxidation sites excluding steroid dienone is 2. The standard InChI is InChI=1S/C16H15ClN2OS3/c1-3-8-19-15(20)13(23-16(19)21)6-7-14-18(2)11-9-10(17)4-5-12(11)22-14/h4-7,9H,3,8H2,1-2H3/b13-6-,14-7+. The molecule has 1 aromatic carbocycles. The topological polar surface area (TPSA) is 23.6 Å². The molecule has 0 aromatic heterocycles. The molecular formula is C16H15ClN2OS3. The summed E-state index contributed by atoms with van der Waals surface area (Å²) in [6, 6.07) is 5.85. The lowest BCUT2D eigenvalue weighted by molar-refractivity contribution is -0.122. The number of amides is 1. The van der Waals surface area contributed by atoms with Crippen LogP contribution in [0.4, 0.5) is 5.69 Å². The quantitative estimate of drug-likeness (QED) is 0.547. The van der Waals surface area contributed by atoms with E-state index in [1.165, 1.54) is 11.8 Å². The van der Waals surface area contributed by atoms with Gasteiger partial charge in [0.2, 0.25) is 0 Å². The number of carbonyl (C=O) groups is 1. The maximum absolute atomic E-state index is 12.3. The van der Waals surface area contributed by atoms with Gasteiger partial charge in [-0.05, 0) is 36.8 Å². The fourth-order valence-corrected chi connectivity index (χ4v) is 4.81. The van der Waals surface area contributed by atoms with Crippen LogP contribution in [0.5, 0.6) is 0 Å². The number of benzene rings is 1. The second kappa shape index (κ2) is 6.89. The number of hydrogen-bond acceptors (Lipinski definition) is 5. The maximum atomic E-state index is 12.3. The van der Waals surface area contributed by atoms with Gasteiger partial charge >= 0.3 is 0 Å². The van der Waals surface area contributed by atoms with Crippen LogP contribution >= 0.6 is 47.3 Å². The van der Waals surface area contributed by atoms with Crippen LogP contribution < -0.4 is 4.90 Å². The number of carbonyl (C=O) groups excluding carboxylic acids is 1. The molecule has 3 nitrogen and oxygen atoms in total. The summed E-state index contributed by atoms with van der Waals surface area (Å²) in [4.78, 5) is 17.9. The summed E-state index contributed by atoms with van der Waals surface area (Å²) in [5.74, 6) is 0.00455. The molecule has 2 heterocycles. The van der Waals surface area contributed by atoms with Gasteiger partial charge in [0.15, 0.2) is 0 Å². The van der Waals surface area contributed by atoms with Crippen molar-refractivity contribution in [3.05, 3.63) is 45.3 Å². The normalized spacial score (nSPS) is 21.0. The minimum Gasteiger partial charge on any atom is -0.338 e. The Morgan fingerprint density at radius 2 is 2.09 bits per heavy atom. The predicted molar refractivity (Wildman–Crippen MR) is 104 cm³/mol. The fraction of sp³-hybridized carbons (Fsp3) is 0.250. The molecule has 0 bridgehead atoms. The smallest absolute Gasteiger partial charge is 0.266 e. The van der Waals surface area contributed by atoms with Crippen molar-refractivity contribution in [3.63, 3.8) is 0 Å². The fourth-order valence-electron chi connectivity index (χ4n) is 2.36. The summed E-state index contributed by atoms with van der Waals surface area (Å²) in [7, 11) is 2.00.